The number of amides is 2. The number of carbonyl (C=O) groups excluding carboxylic acids is 2. The fourth-order valence-electron chi connectivity index (χ4n) is 2.93. The molecule has 0 radical (unpaired) electrons. The third kappa shape index (κ3) is 4.25. The molecular weight excluding hydrogens is 360 g/mol. The molecule has 2 aromatic heterocycles. The van der Waals surface area contributed by atoms with Crippen LogP contribution in [0, 0.1) is 20.8 Å². The highest BCUT2D eigenvalue weighted by molar-refractivity contribution is 5.82. The number of nitrogens with one attached hydrogen (secondary N) is 2. The average Bonchev–Trinajstić information content (AvgIpc) is 2.97. The van der Waals surface area contributed by atoms with Crippen molar-refractivity contribution in [2.75, 3.05) is 0 Å². The van der Waals surface area contributed by atoms with Gasteiger partial charge in [0.1, 0.15) is 6.54 Å². The van der Waals surface area contributed by atoms with Crippen LogP contribution in [0.1, 0.15) is 23.4 Å². The smallest absolute Gasteiger partial charge is 0.261 e. The van der Waals surface area contributed by atoms with Gasteiger partial charge in [0.15, 0.2) is 0 Å². The van der Waals surface area contributed by atoms with Gasteiger partial charge in [-0.1, -0.05) is 12.1 Å². The van der Waals surface area contributed by atoms with E-state index in [1.165, 1.54) is 10.9 Å². The van der Waals surface area contributed by atoms with Crippen LogP contribution in [-0.4, -0.2) is 31.1 Å². The second kappa shape index (κ2) is 8.03. The van der Waals surface area contributed by atoms with Gasteiger partial charge in [-0.2, -0.15) is 5.10 Å². The molecule has 0 spiro atoms. The molecule has 3 rings (SSSR count). The van der Waals surface area contributed by atoms with Crippen LogP contribution in [-0.2, 0) is 22.7 Å². The van der Waals surface area contributed by atoms with Gasteiger partial charge in [-0.05, 0) is 38.5 Å². The molecule has 0 unspecified atom stereocenters. The van der Waals surface area contributed by atoms with Gasteiger partial charge >= 0.3 is 0 Å². The fourth-order valence-corrected chi connectivity index (χ4v) is 2.93. The summed E-state index contributed by atoms with van der Waals surface area (Å²) in [5.41, 5.74) is 7.76. The van der Waals surface area contributed by atoms with Crippen molar-refractivity contribution in [3.63, 3.8) is 0 Å². The SMILES string of the molecule is Cc1cc(C)n(CC(=O)NNC(=O)CCn2cnc3c(C)cccc3c2=O)n1. The van der Waals surface area contributed by atoms with Crippen molar-refractivity contribution >= 4 is 22.7 Å². The van der Waals surface area contributed by atoms with E-state index in [0.29, 0.717) is 10.9 Å². The monoisotopic (exact) mass is 382 g/mol. The molecule has 146 valence electrons. The zero-order chi connectivity index (χ0) is 20.3. The molecule has 0 aliphatic heterocycles. The Kier molecular flexibility index (Phi) is 5.53. The highest BCUT2D eigenvalue weighted by atomic mass is 16.2. The number of hydrogen-bond acceptors (Lipinski definition) is 5. The van der Waals surface area contributed by atoms with Gasteiger partial charge in [0.05, 0.1) is 22.9 Å². The van der Waals surface area contributed by atoms with E-state index in [-0.39, 0.29) is 31.0 Å². The number of aryl methyl sites for hydroxylation is 4. The van der Waals surface area contributed by atoms with Crippen LogP contribution in [0.5, 0.6) is 0 Å². The summed E-state index contributed by atoms with van der Waals surface area (Å²) < 4.78 is 2.94. The Morgan fingerprint density at radius 2 is 1.86 bits per heavy atom. The topological polar surface area (TPSA) is 111 Å². The predicted molar refractivity (Wildman–Crippen MR) is 103 cm³/mol. The lowest BCUT2D eigenvalue weighted by molar-refractivity contribution is -0.129. The Morgan fingerprint density at radius 3 is 2.57 bits per heavy atom. The summed E-state index contributed by atoms with van der Waals surface area (Å²) in [6, 6.07) is 7.27. The van der Waals surface area contributed by atoms with E-state index < -0.39 is 5.91 Å². The number of aromatic nitrogens is 4. The lowest BCUT2D eigenvalue weighted by Gasteiger charge is -2.10. The molecule has 0 saturated heterocycles. The summed E-state index contributed by atoms with van der Waals surface area (Å²) in [7, 11) is 0. The first-order valence-electron chi connectivity index (χ1n) is 8.88. The summed E-state index contributed by atoms with van der Waals surface area (Å²) in [4.78, 5) is 40.7. The first kappa shape index (κ1) is 19.3. The summed E-state index contributed by atoms with van der Waals surface area (Å²) >= 11 is 0. The number of fused-ring (bicyclic) bond motifs is 1. The van der Waals surface area contributed by atoms with Crippen molar-refractivity contribution in [2.24, 2.45) is 0 Å². The van der Waals surface area contributed by atoms with Crippen LogP contribution in [0.4, 0.5) is 0 Å². The van der Waals surface area contributed by atoms with Gasteiger partial charge in [0.2, 0.25) is 5.91 Å². The Morgan fingerprint density at radius 1 is 1.11 bits per heavy atom. The number of hydrogen-bond donors (Lipinski definition) is 2. The van der Waals surface area contributed by atoms with Crippen LogP contribution in [0.25, 0.3) is 10.9 Å². The van der Waals surface area contributed by atoms with Gasteiger partial charge in [0, 0.05) is 18.7 Å². The summed E-state index contributed by atoms with van der Waals surface area (Å²) in [6.45, 7) is 5.75. The Hall–Kier alpha value is -3.49. The molecule has 1 aromatic carbocycles. The third-order valence-corrected chi connectivity index (χ3v) is 4.37. The van der Waals surface area contributed by atoms with E-state index in [2.05, 4.69) is 20.9 Å². The van der Waals surface area contributed by atoms with Gasteiger partial charge in [0.25, 0.3) is 11.5 Å². The number of benzene rings is 1. The molecule has 2 N–H and O–H groups in total. The minimum Gasteiger partial charge on any atom is -0.298 e. The minimum absolute atomic E-state index is 0.00730. The quantitative estimate of drug-likeness (QED) is 0.633. The first-order valence-corrected chi connectivity index (χ1v) is 8.88. The normalized spacial score (nSPS) is 10.8. The molecule has 0 fully saturated rings. The summed E-state index contributed by atoms with van der Waals surface area (Å²) in [5.74, 6) is -0.794. The average molecular weight is 382 g/mol. The van der Waals surface area contributed by atoms with Crippen molar-refractivity contribution in [1.29, 1.82) is 0 Å². The van der Waals surface area contributed by atoms with Gasteiger partial charge in [-0.3, -0.25) is 34.5 Å². The molecule has 28 heavy (non-hydrogen) atoms. The molecule has 0 aliphatic carbocycles. The Bertz CT molecular complexity index is 1100. The zero-order valence-corrected chi connectivity index (χ0v) is 16.0. The molecule has 2 amide bonds. The van der Waals surface area contributed by atoms with Crippen molar-refractivity contribution in [3.8, 4) is 0 Å². The first-order chi connectivity index (χ1) is 13.3. The van der Waals surface area contributed by atoms with Crippen LogP contribution < -0.4 is 16.4 Å². The predicted octanol–water partition coefficient (Wildman–Crippen LogP) is 0.756. The summed E-state index contributed by atoms with van der Waals surface area (Å²) in [6.07, 6.45) is 1.46. The number of rotatable bonds is 5. The van der Waals surface area contributed by atoms with E-state index in [4.69, 9.17) is 0 Å². The zero-order valence-electron chi connectivity index (χ0n) is 16.0. The van der Waals surface area contributed by atoms with Crippen LogP contribution >= 0.6 is 0 Å². The van der Waals surface area contributed by atoms with Crippen LogP contribution in [0.3, 0.4) is 0 Å². The van der Waals surface area contributed by atoms with Crippen molar-refractivity contribution < 1.29 is 9.59 Å². The Balaban J connectivity index is 1.54. The number of para-hydroxylation sites is 1. The molecule has 9 heteroatoms. The van der Waals surface area contributed by atoms with E-state index in [0.717, 1.165) is 17.0 Å². The van der Waals surface area contributed by atoms with Crippen molar-refractivity contribution in [1.82, 2.24) is 30.2 Å². The molecule has 3 aromatic rings. The maximum absolute atomic E-state index is 12.5. The maximum atomic E-state index is 12.5. The van der Waals surface area contributed by atoms with E-state index in [9.17, 15) is 14.4 Å². The van der Waals surface area contributed by atoms with Gasteiger partial charge in [-0.25, -0.2) is 4.98 Å². The molecule has 0 saturated carbocycles. The minimum atomic E-state index is -0.405. The van der Waals surface area contributed by atoms with Gasteiger partial charge < -0.3 is 0 Å². The standard InChI is InChI=1S/C19H22N6O3/c1-12-5-4-6-15-18(12)20-11-24(19(15)28)8-7-16(26)21-22-17(27)10-25-14(3)9-13(2)23-25/h4-6,9,11H,7-8,10H2,1-3H3,(H,21,26)(H,22,27). The van der Waals surface area contributed by atoms with Crippen LogP contribution in [0.15, 0.2) is 35.4 Å². The number of hydrazine groups is 1. The molecule has 9 nitrogen and oxygen atoms in total. The van der Waals surface area contributed by atoms with E-state index in [1.54, 1.807) is 16.8 Å². The lowest BCUT2D eigenvalue weighted by Crippen LogP contribution is -2.43. The fraction of sp³-hybridized carbons (Fsp3) is 0.316. The third-order valence-electron chi connectivity index (χ3n) is 4.37. The Labute approximate surface area is 161 Å². The van der Waals surface area contributed by atoms with Crippen LogP contribution in [0.2, 0.25) is 0 Å². The lowest BCUT2D eigenvalue weighted by atomic mass is 10.1. The largest absolute Gasteiger partial charge is 0.298 e. The highest BCUT2D eigenvalue weighted by Gasteiger charge is 2.10. The molecule has 0 bridgehead atoms. The summed E-state index contributed by atoms with van der Waals surface area (Å²) in [5, 5.41) is 4.71. The van der Waals surface area contributed by atoms with Crippen molar-refractivity contribution in [3.05, 3.63) is 57.9 Å². The maximum Gasteiger partial charge on any atom is 0.261 e. The van der Waals surface area contributed by atoms with E-state index in [1.807, 2.05) is 32.9 Å². The second-order valence-electron chi connectivity index (χ2n) is 6.65. The van der Waals surface area contributed by atoms with Crippen molar-refractivity contribution in [2.45, 2.75) is 40.3 Å². The molecular formula is C19H22N6O3. The molecule has 0 aliphatic rings. The highest BCUT2D eigenvalue weighted by Crippen LogP contribution is 2.11. The second-order valence-corrected chi connectivity index (χ2v) is 6.65. The molecule has 2 heterocycles. The number of carbonyl (C=O) groups is 2. The van der Waals surface area contributed by atoms with E-state index >= 15 is 0 Å². The molecule has 0 atom stereocenters. The van der Waals surface area contributed by atoms with Gasteiger partial charge in [-0.15, -0.1) is 0 Å². The number of nitrogens with zero attached hydrogens (tertiary/aromatic N) is 4.